The number of rotatable bonds is 9. The number of aromatic nitrogens is 1. The lowest BCUT2D eigenvalue weighted by molar-refractivity contribution is 0.0433. The van der Waals surface area contributed by atoms with Crippen molar-refractivity contribution < 1.29 is 29.3 Å². The quantitative estimate of drug-likeness (QED) is 0.549. The minimum absolute atomic E-state index is 0.0841. The molecule has 8 heteroatoms. The van der Waals surface area contributed by atoms with Gasteiger partial charge in [0, 0.05) is 19.2 Å². The molecule has 0 aliphatic rings. The first-order valence-corrected chi connectivity index (χ1v) is 8.41. The lowest BCUT2D eigenvalue weighted by atomic mass is 10.1. The number of esters is 1. The molecule has 0 radical (unpaired) electrons. The number of carbonyl (C=O) groups is 2. The maximum atomic E-state index is 12.1. The molecule has 144 valence electrons. The Balaban J connectivity index is 2.29. The van der Waals surface area contributed by atoms with Crippen LogP contribution in [0, 0.1) is 0 Å². The van der Waals surface area contributed by atoms with E-state index in [0.717, 1.165) is 5.56 Å². The number of hydrogen-bond donors (Lipinski definition) is 3. The molecule has 0 unspecified atom stereocenters. The van der Waals surface area contributed by atoms with Crippen LogP contribution in [0.2, 0.25) is 0 Å². The highest BCUT2D eigenvalue weighted by atomic mass is 16.5. The van der Waals surface area contributed by atoms with Gasteiger partial charge < -0.3 is 25.0 Å². The molecular weight excluding hydrogens is 352 g/mol. The summed E-state index contributed by atoms with van der Waals surface area (Å²) in [5.41, 5.74) is 1.64. The lowest BCUT2D eigenvalue weighted by Gasteiger charge is -2.10. The fourth-order valence-electron chi connectivity index (χ4n) is 2.38. The standard InChI is InChI=1S/C19H22N2O6/c1-20-18(24)17-12-14(19(25)27-8-6-23)11-15(21-17)9-13-3-2-4-16(10-13)26-7-5-22/h2-4,10-12,22-23H,5-9H2,1H3,(H,20,24). The predicted molar refractivity (Wildman–Crippen MR) is 96.8 cm³/mol. The van der Waals surface area contributed by atoms with Gasteiger partial charge in [0.25, 0.3) is 5.91 Å². The second kappa shape index (κ2) is 10.2. The Bertz CT molecular complexity index is 794. The Hall–Kier alpha value is -2.97. The van der Waals surface area contributed by atoms with Gasteiger partial charge >= 0.3 is 5.97 Å². The number of nitrogens with zero attached hydrogens (tertiary/aromatic N) is 1. The summed E-state index contributed by atoms with van der Waals surface area (Å²) in [6.07, 6.45) is 0.363. The van der Waals surface area contributed by atoms with Gasteiger partial charge in [-0.25, -0.2) is 9.78 Å². The van der Waals surface area contributed by atoms with E-state index < -0.39 is 11.9 Å². The monoisotopic (exact) mass is 374 g/mol. The van der Waals surface area contributed by atoms with Crippen molar-refractivity contribution in [1.29, 1.82) is 0 Å². The van der Waals surface area contributed by atoms with Crippen molar-refractivity contribution in [3.63, 3.8) is 0 Å². The Morgan fingerprint density at radius 3 is 2.59 bits per heavy atom. The number of aliphatic hydroxyl groups is 2. The average molecular weight is 374 g/mol. The van der Waals surface area contributed by atoms with Gasteiger partial charge in [0.2, 0.25) is 0 Å². The Kier molecular flexibility index (Phi) is 7.72. The first-order valence-electron chi connectivity index (χ1n) is 8.41. The predicted octanol–water partition coefficient (Wildman–Crippen LogP) is 0.552. The highest BCUT2D eigenvalue weighted by Crippen LogP contribution is 2.17. The SMILES string of the molecule is CNC(=O)c1cc(C(=O)OCCO)cc(Cc2cccc(OCCO)c2)n1. The van der Waals surface area contributed by atoms with E-state index in [9.17, 15) is 9.59 Å². The molecule has 1 amide bonds. The van der Waals surface area contributed by atoms with E-state index in [0.29, 0.717) is 17.9 Å². The molecule has 1 aromatic heterocycles. The zero-order chi connectivity index (χ0) is 19.6. The maximum absolute atomic E-state index is 12.1. The van der Waals surface area contributed by atoms with Crippen LogP contribution in [-0.2, 0) is 11.2 Å². The Labute approximate surface area is 156 Å². The number of benzene rings is 1. The van der Waals surface area contributed by atoms with Gasteiger partial charge in [-0.3, -0.25) is 4.79 Å². The molecule has 3 N–H and O–H groups in total. The Morgan fingerprint density at radius 1 is 1.11 bits per heavy atom. The summed E-state index contributed by atoms with van der Waals surface area (Å²) in [5, 5.41) is 20.1. The molecule has 0 spiro atoms. The zero-order valence-electron chi connectivity index (χ0n) is 15.0. The van der Waals surface area contributed by atoms with Crippen molar-refractivity contribution in [2.45, 2.75) is 6.42 Å². The normalized spacial score (nSPS) is 10.3. The van der Waals surface area contributed by atoms with Gasteiger partial charge in [-0.1, -0.05) is 12.1 Å². The van der Waals surface area contributed by atoms with Gasteiger partial charge in [0.05, 0.1) is 18.8 Å². The minimum atomic E-state index is -0.641. The number of aliphatic hydroxyl groups excluding tert-OH is 2. The molecular formula is C19H22N2O6. The molecule has 2 rings (SSSR count). The molecule has 0 aliphatic heterocycles. The van der Waals surface area contributed by atoms with Crippen LogP contribution in [0.25, 0.3) is 0 Å². The molecule has 8 nitrogen and oxygen atoms in total. The lowest BCUT2D eigenvalue weighted by Crippen LogP contribution is -2.21. The summed E-state index contributed by atoms with van der Waals surface area (Å²) in [4.78, 5) is 28.4. The largest absolute Gasteiger partial charge is 0.491 e. The van der Waals surface area contributed by atoms with Gasteiger partial charge in [-0.05, 0) is 29.8 Å². The van der Waals surface area contributed by atoms with Crippen LogP contribution < -0.4 is 10.1 Å². The van der Waals surface area contributed by atoms with E-state index in [2.05, 4.69) is 10.3 Å². The molecule has 0 fully saturated rings. The van der Waals surface area contributed by atoms with Gasteiger partial charge in [0.15, 0.2) is 0 Å². The van der Waals surface area contributed by atoms with Crippen LogP contribution in [0.15, 0.2) is 36.4 Å². The molecule has 0 saturated heterocycles. The van der Waals surface area contributed by atoms with Crippen molar-refractivity contribution in [1.82, 2.24) is 10.3 Å². The summed E-state index contributed by atoms with van der Waals surface area (Å²) < 4.78 is 10.3. The number of hydrogen-bond acceptors (Lipinski definition) is 7. The van der Waals surface area contributed by atoms with E-state index in [-0.39, 0.29) is 37.7 Å². The van der Waals surface area contributed by atoms with Crippen LogP contribution >= 0.6 is 0 Å². The third-order valence-electron chi connectivity index (χ3n) is 3.54. The third kappa shape index (κ3) is 6.05. The van der Waals surface area contributed by atoms with Crippen LogP contribution in [0.4, 0.5) is 0 Å². The van der Waals surface area contributed by atoms with Crippen molar-refractivity contribution in [2.24, 2.45) is 0 Å². The number of pyridine rings is 1. The third-order valence-corrected chi connectivity index (χ3v) is 3.54. The number of carbonyl (C=O) groups excluding carboxylic acids is 2. The van der Waals surface area contributed by atoms with E-state index in [1.807, 2.05) is 6.07 Å². The van der Waals surface area contributed by atoms with Crippen molar-refractivity contribution in [3.05, 3.63) is 58.9 Å². The van der Waals surface area contributed by atoms with Gasteiger partial charge in [-0.15, -0.1) is 0 Å². The molecule has 1 heterocycles. The van der Waals surface area contributed by atoms with E-state index >= 15 is 0 Å². The molecule has 2 aromatic rings. The highest BCUT2D eigenvalue weighted by molar-refractivity contribution is 5.96. The molecule has 0 aliphatic carbocycles. The van der Waals surface area contributed by atoms with Gasteiger partial charge in [0.1, 0.15) is 24.7 Å². The highest BCUT2D eigenvalue weighted by Gasteiger charge is 2.15. The maximum Gasteiger partial charge on any atom is 0.338 e. The summed E-state index contributed by atoms with van der Waals surface area (Å²) in [5.74, 6) is -0.461. The fraction of sp³-hybridized carbons (Fsp3) is 0.316. The average Bonchev–Trinajstić information content (AvgIpc) is 2.69. The smallest absolute Gasteiger partial charge is 0.338 e. The first kappa shape index (κ1) is 20.3. The molecule has 0 saturated carbocycles. The molecule has 0 atom stereocenters. The first-order chi connectivity index (χ1) is 13.1. The van der Waals surface area contributed by atoms with Crippen LogP contribution in [0.1, 0.15) is 32.1 Å². The van der Waals surface area contributed by atoms with E-state index in [1.54, 1.807) is 24.3 Å². The second-order valence-corrected chi connectivity index (χ2v) is 5.57. The van der Waals surface area contributed by atoms with Crippen LogP contribution in [-0.4, -0.2) is 60.5 Å². The Morgan fingerprint density at radius 2 is 1.89 bits per heavy atom. The fourth-order valence-corrected chi connectivity index (χ4v) is 2.38. The summed E-state index contributed by atoms with van der Waals surface area (Å²) in [6.45, 7) is -0.309. The number of ether oxygens (including phenoxy) is 2. The van der Waals surface area contributed by atoms with Crippen molar-refractivity contribution in [3.8, 4) is 5.75 Å². The van der Waals surface area contributed by atoms with E-state index in [1.165, 1.54) is 13.1 Å². The van der Waals surface area contributed by atoms with Gasteiger partial charge in [-0.2, -0.15) is 0 Å². The second-order valence-electron chi connectivity index (χ2n) is 5.57. The topological polar surface area (TPSA) is 118 Å². The van der Waals surface area contributed by atoms with E-state index in [4.69, 9.17) is 19.7 Å². The molecule has 27 heavy (non-hydrogen) atoms. The zero-order valence-corrected chi connectivity index (χ0v) is 15.0. The van der Waals surface area contributed by atoms with Crippen LogP contribution in [0.5, 0.6) is 5.75 Å². The number of nitrogens with one attached hydrogen (secondary N) is 1. The molecule has 0 bridgehead atoms. The van der Waals surface area contributed by atoms with Crippen molar-refractivity contribution in [2.75, 3.05) is 33.5 Å². The minimum Gasteiger partial charge on any atom is -0.491 e. The summed E-state index contributed by atoms with van der Waals surface area (Å²) in [7, 11) is 1.47. The summed E-state index contributed by atoms with van der Waals surface area (Å²) in [6, 6.07) is 10.1. The molecule has 1 aromatic carbocycles. The summed E-state index contributed by atoms with van der Waals surface area (Å²) >= 11 is 0. The number of amides is 1. The van der Waals surface area contributed by atoms with Crippen LogP contribution in [0.3, 0.4) is 0 Å². The van der Waals surface area contributed by atoms with Crippen molar-refractivity contribution >= 4 is 11.9 Å².